The van der Waals surface area contributed by atoms with Crippen LogP contribution >= 0.6 is 0 Å². The Morgan fingerprint density at radius 1 is 0.972 bits per heavy atom. The smallest absolute Gasteiger partial charge is 0.351 e. The van der Waals surface area contributed by atoms with Crippen LogP contribution in [0, 0.1) is 11.3 Å². The monoisotopic (exact) mass is 491 g/mol. The van der Waals surface area contributed by atoms with Crippen LogP contribution in [0.25, 0.3) is 0 Å². The van der Waals surface area contributed by atoms with Crippen molar-refractivity contribution in [3.63, 3.8) is 0 Å². The maximum atomic E-state index is 13.8. The summed E-state index contributed by atoms with van der Waals surface area (Å²) in [6.07, 6.45) is -3.03. The molecule has 3 heterocycles. The number of benzene rings is 2. The number of para-hydroxylation sites is 1. The highest BCUT2D eigenvalue weighted by atomic mass is 19.4. The second-order valence-electron chi connectivity index (χ2n) is 8.81. The van der Waals surface area contributed by atoms with E-state index in [-0.39, 0.29) is 38.0 Å². The third kappa shape index (κ3) is 4.02. The van der Waals surface area contributed by atoms with Gasteiger partial charge in [0, 0.05) is 18.4 Å². The van der Waals surface area contributed by atoms with Gasteiger partial charge in [0.2, 0.25) is 5.91 Å². The first-order chi connectivity index (χ1) is 17.2. The van der Waals surface area contributed by atoms with Gasteiger partial charge in [0.1, 0.15) is 18.4 Å². The van der Waals surface area contributed by atoms with Crippen LogP contribution < -0.4 is 9.80 Å². The molecule has 36 heavy (non-hydrogen) atoms. The normalized spacial score (nSPS) is 17.2. The number of pyridine rings is 1. The lowest BCUT2D eigenvalue weighted by Crippen LogP contribution is -2.81. The van der Waals surface area contributed by atoms with Crippen molar-refractivity contribution in [2.45, 2.75) is 18.3 Å². The minimum absolute atomic E-state index is 0.0000209. The number of halogens is 3. The fourth-order valence-electron chi connectivity index (χ4n) is 4.63. The van der Waals surface area contributed by atoms with E-state index in [1.54, 1.807) is 36.4 Å². The molecule has 0 atom stereocenters. The number of rotatable bonds is 4. The second kappa shape index (κ2) is 8.68. The number of nitrogens with zero attached hydrogens (tertiary/aromatic N) is 5. The van der Waals surface area contributed by atoms with Crippen LogP contribution in [0.3, 0.4) is 0 Å². The highest BCUT2D eigenvalue weighted by Crippen LogP contribution is 2.38. The number of carbonyl (C=O) groups is 2. The SMILES string of the molecule is N#Cc1ccc(N2CC3(C2)C(=O)N(c2ccccc2)CC(=O)N3Cc2ccc(C(F)(F)F)cc2)nc1. The maximum Gasteiger partial charge on any atom is 0.416 e. The van der Waals surface area contributed by atoms with Gasteiger partial charge in [-0.05, 0) is 42.0 Å². The van der Waals surface area contributed by atoms with Crippen LogP contribution in [0.15, 0.2) is 72.9 Å². The largest absolute Gasteiger partial charge is 0.416 e. The summed E-state index contributed by atoms with van der Waals surface area (Å²) in [6.45, 7) is 0.168. The van der Waals surface area contributed by atoms with E-state index in [9.17, 15) is 22.8 Å². The van der Waals surface area contributed by atoms with Crippen LogP contribution in [0.4, 0.5) is 24.7 Å². The van der Waals surface area contributed by atoms with Crippen LogP contribution in [0.5, 0.6) is 0 Å². The predicted molar refractivity (Wildman–Crippen MR) is 125 cm³/mol. The fraction of sp³-hybridized carbons (Fsp3) is 0.231. The van der Waals surface area contributed by atoms with Crippen LogP contribution in [-0.2, 0) is 22.3 Å². The average molecular weight is 491 g/mol. The van der Waals surface area contributed by atoms with E-state index in [1.807, 2.05) is 17.0 Å². The molecule has 2 fully saturated rings. The lowest BCUT2D eigenvalue weighted by atomic mass is 9.83. The highest BCUT2D eigenvalue weighted by Gasteiger charge is 2.60. The Bertz CT molecular complexity index is 1330. The van der Waals surface area contributed by atoms with Gasteiger partial charge in [0.25, 0.3) is 5.91 Å². The lowest BCUT2D eigenvalue weighted by molar-refractivity contribution is -0.153. The molecular weight excluding hydrogens is 471 g/mol. The summed E-state index contributed by atoms with van der Waals surface area (Å²) >= 11 is 0. The predicted octanol–water partition coefficient (Wildman–Crippen LogP) is 3.61. The number of alkyl halides is 3. The van der Waals surface area contributed by atoms with Gasteiger partial charge in [-0.1, -0.05) is 30.3 Å². The summed E-state index contributed by atoms with van der Waals surface area (Å²) in [5, 5.41) is 9.01. The van der Waals surface area contributed by atoms with E-state index in [0.717, 1.165) is 12.1 Å². The Hall–Kier alpha value is -4.39. The van der Waals surface area contributed by atoms with E-state index in [4.69, 9.17) is 5.26 Å². The molecule has 2 aliphatic heterocycles. The molecule has 2 aromatic carbocycles. The van der Waals surface area contributed by atoms with Crippen molar-refractivity contribution in [1.29, 1.82) is 5.26 Å². The average Bonchev–Trinajstić information content (AvgIpc) is 2.85. The van der Waals surface area contributed by atoms with Gasteiger partial charge in [-0.2, -0.15) is 18.4 Å². The summed E-state index contributed by atoms with van der Waals surface area (Å²) in [5.74, 6) is 0.00193. The molecule has 5 rings (SSSR count). The summed E-state index contributed by atoms with van der Waals surface area (Å²) < 4.78 is 39.0. The van der Waals surface area contributed by atoms with Crippen molar-refractivity contribution in [2.75, 3.05) is 29.4 Å². The van der Waals surface area contributed by atoms with E-state index in [1.165, 1.54) is 28.1 Å². The molecule has 182 valence electrons. The summed E-state index contributed by atoms with van der Waals surface area (Å²) in [4.78, 5) is 36.2. The Morgan fingerprint density at radius 2 is 1.67 bits per heavy atom. The van der Waals surface area contributed by atoms with Gasteiger partial charge in [-0.25, -0.2) is 4.98 Å². The number of carbonyl (C=O) groups excluding carboxylic acids is 2. The molecule has 0 unspecified atom stereocenters. The first-order valence-electron chi connectivity index (χ1n) is 11.2. The van der Waals surface area contributed by atoms with Gasteiger partial charge < -0.3 is 14.7 Å². The van der Waals surface area contributed by atoms with Crippen molar-refractivity contribution in [2.24, 2.45) is 0 Å². The number of hydrogen-bond acceptors (Lipinski definition) is 5. The van der Waals surface area contributed by atoms with Gasteiger partial charge in [0.15, 0.2) is 5.54 Å². The van der Waals surface area contributed by atoms with E-state index in [0.29, 0.717) is 22.6 Å². The number of anilines is 2. The molecular formula is C26H20F3N5O2. The first kappa shape index (κ1) is 23.4. The Kier molecular flexibility index (Phi) is 5.63. The molecule has 1 aromatic heterocycles. The molecule has 2 amide bonds. The molecule has 2 aliphatic rings. The number of piperazine rings is 1. The van der Waals surface area contributed by atoms with Crippen molar-refractivity contribution < 1.29 is 22.8 Å². The van der Waals surface area contributed by atoms with Gasteiger partial charge in [0.05, 0.1) is 24.2 Å². The second-order valence-corrected chi connectivity index (χ2v) is 8.81. The van der Waals surface area contributed by atoms with Crippen LogP contribution in [-0.4, -0.2) is 46.9 Å². The molecule has 2 saturated heterocycles. The molecule has 1 spiro atoms. The third-order valence-electron chi connectivity index (χ3n) is 6.55. The molecule has 0 bridgehead atoms. The van der Waals surface area contributed by atoms with Crippen molar-refractivity contribution in [1.82, 2.24) is 9.88 Å². The number of amides is 2. The summed E-state index contributed by atoms with van der Waals surface area (Å²) in [7, 11) is 0. The van der Waals surface area contributed by atoms with Crippen LogP contribution in [0.2, 0.25) is 0 Å². The Morgan fingerprint density at radius 3 is 2.25 bits per heavy atom. The zero-order chi connectivity index (χ0) is 25.5. The van der Waals surface area contributed by atoms with Gasteiger partial charge in [-0.3, -0.25) is 9.59 Å². The maximum absolute atomic E-state index is 13.8. The molecule has 0 radical (unpaired) electrons. The third-order valence-corrected chi connectivity index (χ3v) is 6.55. The zero-order valence-electron chi connectivity index (χ0n) is 18.9. The van der Waals surface area contributed by atoms with Gasteiger partial charge in [-0.15, -0.1) is 0 Å². The number of aromatic nitrogens is 1. The summed E-state index contributed by atoms with van der Waals surface area (Å²) in [6, 6.07) is 18.8. The standard InChI is InChI=1S/C26H20F3N5O2/c27-26(28,29)20-9-6-18(7-10-20)14-34-23(35)15-33(21-4-2-1-3-5-21)24(36)25(34)16-32(17-25)22-11-8-19(12-30)13-31-22/h1-11,13H,14-17H2. The lowest BCUT2D eigenvalue weighted by Gasteiger charge is -2.58. The first-order valence-corrected chi connectivity index (χ1v) is 11.2. The zero-order valence-corrected chi connectivity index (χ0v) is 18.9. The molecule has 7 nitrogen and oxygen atoms in total. The fourth-order valence-corrected chi connectivity index (χ4v) is 4.63. The molecule has 0 saturated carbocycles. The molecule has 0 N–H and O–H groups in total. The summed E-state index contributed by atoms with van der Waals surface area (Å²) in [5.41, 5.74) is -0.495. The van der Waals surface area contributed by atoms with E-state index in [2.05, 4.69) is 4.98 Å². The topological polar surface area (TPSA) is 80.5 Å². The van der Waals surface area contributed by atoms with E-state index >= 15 is 0 Å². The van der Waals surface area contributed by atoms with Crippen molar-refractivity contribution in [3.8, 4) is 6.07 Å². The quantitative estimate of drug-likeness (QED) is 0.557. The minimum Gasteiger partial charge on any atom is -0.351 e. The number of nitriles is 1. The Balaban J connectivity index is 1.46. The molecule has 0 aliphatic carbocycles. The Labute approximate surface area is 205 Å². The molecule has 3 aromatic rings. The highest BCUT2D eigenvalue weighted by molar-refractivity contribution is 6.10. The molecule has 10 heteroatoms. The van der Waals surface area contributed by atoms with E-state index < -0.39 is 17.3 Å². The van der Waals surface area contributed by atoms with Crippen LogP contribution in [0.1, 0.15) is 16.7 Å². The minimum atomic E-state index is -4.46. The van der Waals surface area contributed by atoms with Crippen molar-refractivity contribution >= 4 is 23.3 Å². The number of hydrogen-bond donors (Lipinski definition) is 0. The van der Waals surface area contributed by atoms with Gasteiger partial charge >= 0.3 is 6.18 Å². The van der Waals surface area contributed by atoms with Crippen molar-refractivity contribution in [3.05, 3.63) is 89.6 Å².